The summed E-state index contributed by atoms with van der Waals surface area (Å²) in [6.45, 7) is 4.04. The van der Waals surface area contributed by atoms with Crippen LogP contribution in [-0.4, -0.2) is 37.7 Å². The molecule has 0 N–H and O–H groups in total. The second kappa shape index (κ2) is 9.51. The number of carbonyl (C=O) groups excluding carboxylic acids is 1. The summed E-state index contributed by atoms with van der Waals surface area (Å²) in [5, 5.41) is 0. The Balaban J connectivity index is 2.16. The van der Waals surface area contributed by atoms with E-state index in [9.17, 15) is 4.79 Å². The summed E-state index contributed by atoms with van der Waals surface area (Å²) in [4.78, 5) is 14.6. The Morgan fingerprint density at radius 3 is 2.60 bits per heavy atom. The van der Waals surface area contributed by atoms with Crippen LogP contribution in [-0.2, 0) is 11.3 Å². The largest absolute Gasteiger partial charge is 0.494 e. The first-order valence-electron chi connectivity index (χ1n) is 8.24. The SMILES string of the molecule is C#Cc1cccc(C(=O)N(CCOC)Cc2ccc(OCC)cc2)c1. The van der Waals surface area contributed by atoms with Gasteiger partial charge in [0.15, 0.2) is 0 Å². The van der Waals surface area contributed by atoms with Crippen molar-refractivity contribution in [1.82, 2.24) is 4.90 Å². The van der Waals surface area contributed by atoms with E-state index in [0.29, 0.717) is 37.4 Å². The maximum atomic E-state index is 12.9. The van der Waals surface area contributed by atoms with Crippen LogP contribution in [0.15, 0.2) is 48.5 Å². The van der Waals surface area contributed by atoms with Crippen LogP contribution in [0.4, 0.5) is 0 Å². The third-order valence-corrected chi connectivity index (χ3v) is 3.74. The maximum Gasteiger partial charge on any atom is 0.254 e. The van der Waals surface area contributed by atoms with Gasteiger partial charge in [-0.1, -0.05) is 24.1 Å². The zero-order valence-corrected chi connectivity index (χ0v) is 14.7. The number of methoxy groups -OCH3 is 1. The quantitative estimate of drug-likeness (QED) is 0.694. The molecule has 0 saturated carbocycles. The molecule has 2 aromatic rings. The molecule has 0 bridgehead atoms. The van der Waals surface area contributed by atoms with Crippen LogP contribution in [0.5, 0.6) is 5.75 Å². The third-order valence-electron chi connectivity index (χ3n) is 3.74. The minimum atomic E-state index is -0.0666. The van der Waals surface area contributed by atoms with Crippen LogP contribution >= 0.6 is 0 Å². The number of hydrogen-bond acceptors (Lipinski definition) is 3. The predicted octanol–water partition coefficient (Wildman–Crippen LogP) is 3.36. The van der Waals surface area contributed by atoms with Gasteiger partial charge >= 0.3 is 0 Å². The topological polar surface area (TPSA) is 38.8 Å². The maximum absolute atomic E-state index is 12.9. The van der Waals surface area contributed by atoms with E-state index in [1.54, 1.807) is 30.2 Å². The molecule has 2 aromatic carbocycles. The van der Waals surface area contributed by atoms with Crippen molar-refractivity contribution in [3.8, 4) is 18.1 Å². The molecular weight excluding hydrogens is 314 g/mol. The molecule has 0 saturated heterocycles. The summed E-state index contributed by atoms with van der Waals surface area (Å²) in [6, 6.07) is 14.9. The highest BCUT2D eigenvalue weighted by atomic mass is 16.5. The molecule has 130 valence electrons. The van der Waals surface area contributed by atoms with Gasteiger partial charge in [0.05, 0.1) is 13.2 Å². The van der Waals surface area contributed by atoms with Crippen LogP contribution in [0.3, 0.4) is 0 Å². The lowest BCUT2D eigenvalue weighted by Crippen LogP contribution is -2.33. The molecule has 4 nitrogen and oxygen atoms in total. The van der Waals surface area contributed by atoms with E-state index in [1.165, 1.54) is 0 Å². The van der Waals surface area contributed by atoms with Gasteiger partial charge in [0.25, 0.3) is 5.91 Å². The van der Waals surface area contributed by atoms with Crippen molar-refractivity contribution in [2.24, 2.45) is 0 Å². The van der Waals surface area contributed by atoms with Gasteiger partial charge in [-0.15, -0.1) is 6.42 Å². The molecule has 0 spiro atoms. The van der Waals surface area contributed by atoms with E-state index in [1.807, 2.05) is 37.3 Å². The van der Waals surface area contributed by atoms with E-state index < -0.39 is 0 Å². The zero-order valence-electron chi connectivity index (χ0n) is 14.7. The van der Waals surface area contributed by atoms with Gasteiger partial charge in [-0.25, -0.2) is 0 Å². The van der Waals surface area contributed by atoms with Gasteiger partial charge in [-0.2, -0.15) is 0 Å². The van der Waals surface area contributed by atoms with E-state index in [4.69, 9.17) is 15.9 Å². The van der Waals surface area contributed by atoms with E-state index >= 15 is 0 Å². The molecule has 0 atom stereocenters. The fraction of sp³-hybridized carbons (Fsp3) is 0.286. The highest BCUT2D eigenvalue weighted by molar-refractivity contribution is 5.94. The second-order valence-electron chi connectivity index (χ2n) is 5.52. The molecule has 0 aromatic heterocycles. The van der Waals surface area contributed by atoms with E-state index in [-0.39, 0.29) is 5.91 Å². The van der Waals surface area contributed by atoms with Gasteiger partial charge < -0.3 is 14.4 Å². The van der Waals surface area contributed by atoms with Crippen molar-refractivity contribution in [3.05, 3.63) is 65.2 Å². The predicted molar refractivity (Wildman–Crippen MR) is 98.6 cm³/mol. The van der Waals surface area contributed by atoms with Crippen molar-refractivity contribution < 1.29 is 14.3 Å². The number of carbonyl (C=O) groups is 1. The molecule has 4 heteroatoms. The molecule has 0 aliphatic rings. The molecule has 25 heavy (non-hydrogen) atoms. The number of terminal acetylenes is 1. The summed E-state index contributed by atoms with van der Waals surface area (Å²) in [5.41, 5.74) is 2.30. The van der Waals surface area contributed by atoms with Gasteiger partial charge in [-0.05, 0) is 42.8 Å². The Bertz CT molecular complexity index is 732. The van der Waals surface area contributed by atoms with Crippen molar-refractivity contribution in [2.45, 2.75) is 13.5 Å². The number of hydrogen-bond donors (Lipinski definition) is 0. The summed E-state index contributed by atoms with van der Waals surface area (Å²) in [6.07, 6.45) is 5.43. The molecule has 0 fully saturated rings. The highest BCUT2D eigenvalue weighted by Gasteiger charge is 2.16. The smallest absolute Gasteiger partial charge is 0.254 e. The monoisotopic (exact) mass is 337 g/mol. The average molecular weight is 337 g/mol. The van der Waals surface area contributed by atoms with Crippen LogP contribution in [0.1, 0.15) is 28.4 Å². The summed E-state index contributed by atoms with van der Waals surface area (Å²) in [7, 11) is 1.62. The zero-order chi connectivity index (χ0) is 18.1. The summed E-state index contributed by atoms with van der Waals surface area (Å²) < 4.78 is 10.6. The van der Waals surface area contributed by atoms with Gasteiger partial charge in [-0.3, -0.25) is 4.79 Å². The fourth-order valence-corrected chi connectivity index (χ4v) is 2.46. The van der Waals surface area contributed by atoms with E-state index in [2.05, 4.69) is 5.92 Å². The number of benzene rings is 2. The van der Waals surface area contributed by atoms with Gasteiger partial charge in [0, 0.05) is 31.3 Å². The lowest BCUT2D eigenvalue weighted by Gasteiger charge is -2.23. The van der Waals surface area contributed by atoms with Crippen LogP contribution in [0.25, 0.3) is 0 Å². The number of rotatable bonds is 8. The first-order chi connectivity index (χ1) is 12.2. The van der Waals surface area contributed by atoms with Crippen LogP contribution < -0.4 is 4.74 Å². The number of amides is 1. The summed E-state index contributed by atoms with van der Waals surface area (Å²) in [5.74, 6) is 3.32. The van der Waals surface area contributed by atoms with Crippen molar-refractivity contribution in [3.63, 3.8) is 0 Å². The molecule has 1 amide bonds. The number of nitrogens with zero attached hydrogens (tertiary/aromatic N) is 1. The molecule has 0 aliphatic heterocycles. The Labute approximate surface area is 149 Å². The standard InChI is InChI=1S/C21H23NO3/c1-4-17-7-6-8-19(15-17)21(23)22(13-14-24-3)16-18-9-11-20(12-10-18)25-5-2/h1,6-12,15H,5,13-14,16H2,2-3H3. The van der Waals surface area contributed by atoms with Crippen molar-refractivity contribution in [2.75, 3.05) is 26.9 Å². The first-order valence-corrected chi connectivity index (χ1v) is 8.24. The lowest BCUT2D eigenvalue weighted by atomic mass is 10.1. The third kappa shape index (κ3) is 5.37. The Morgan fingerprint density at radius 1 is 1.20 bits per heavy atom. The van der Waals surface area contributed by atoms with Crippen LogP contribution in [0, 0.1) is 12.3 Å². The first kappa shape index (κ1) is 18.6. The minimum absolute atomic E-state index is 0.0666. The van der Waals surface area contributed by atoms with E-state index in [0.717, 1.165) is 11.3 Å². The highest BCUT2D eigenvalue weighted by Crippen LogP contribution is 2.16. The second-order valence-corrected chi connectivity index (χ2v) is 5.52. The van der Waals surface area contributed by atoms with Gasteiger partial charge in [0.2, 0.25) is 0 Å². The van der Waals surface area contributed by atoms with Crippen LogP contribution in [0.2, 0.25) is 0 Å². The van der Waals surface area contributed by atoms with Crippen molar-refractivity contribution >= 4 is 5.91 Å². The average Bonchev–Trinajstić information content (AvgIpc) is 2.66. The molecule has 0 heterocycles. The fourth-order valence-electron chi connectivity index (χ4n) is 2.46. The normalized spacial score (nSPS) is 10.1. The van der Waals surface area contributed by atoms with Gasteiger partial charge in [0.1, 0.15) is 5.75 Å². The molecule has 0 aliphatic carbocycles. The summed E-state index contributed by atoms with van der Waals surface area (Å²) >= 11 is 0. The minimum Gasteiger partial charge on any atom is -0.494 e. The Hall–Kier alpha value is -2.77. The number of ether oxygens (including phenoxy) is 2. The lowest BCUT2D eigenvalue weighted by molar-refractivity contribution is 0.0680. The Morgan fingerprint density at radius 2 is 1.96 bits per heavy atom. The Kier molecular flexibility index (Phi) is 7.06. The molecular formula is C21H23NO3. The van der Waals surface area contributed by atoms with Crippen molar-refractivity contribution in [1.29, 1.82) is 0 Å². The molecule has 0 radical (unpaired) electrons. The molecule has 0 unspecified atom stereocenters. The molecule has 2 rings (SSSR count).